The van der Waals surface area contributed by atoms with Crippen LogP contribution in [0.4, 0.5) is 4.79 Å². The normalized spacial score (nSPS) is 13.4. The summed E-state index contributed by atoms with van der Waals surface area (Å²) in [5, 5.41) is 7.55. The van der Waals surface area contributed by atoms with Crippen molar-refractivity contribution in [1.29, 1.82) is 0 Å². The van der Waals surface area contributed by atoms with Crippen LogP contribution in [0.5, 0.6) is 0 Å². The van der Waals surface area contributed by atoms with Crippen LogP contribution in [-0.4, -0.2) is 45.9 Å². The molecule has 0 saturated heterocycles. The molecule has 0 N–H and O–H groups in total. The molecule has 1 amide bonds. The molecule has 1 aromatic heterocycles. The van der Waals surface area contributed by atoms with Crippen molar-refractivity contribution in [3.63, 3.8) is 0 Å². The van der Waals surface area contributed by atoms with E-state index in [4.69, 9.17) is 13.9 Å². The Labute approximate surface area is 171 Å². The van der Waals surface area contributed by atoms with Crippen molar-refractivity contribution in [2.75, 3.05) is 7.11 Å². The molecule has 8 heteroatoms. The maximum Gasteiger partial charge on any atom is 0.411 e. The van der Waals surface area contributed by atoms with Gasteiger partial charge in [0, 0.05) is 12.1 Å². The summed E-state index contributed by atoms with van der Waals surface area (Å²) in [6.07, 6.45) is 1.41. The number of carbonyl (C=O) groups is 2. The van der Waals surface area contributed by atoms with Crippen LogP contribution >= 0.6 is 0 Å². The number of amides is 1. The van der Waals surface area contributed by atoms with Crippen LogP contribution in [0.15, 0.2) is 35.1 Å². The second-order valence-electron chi connectivity index (χ2n) is 7.90. The van der Waals surface area contributed by atoms with Crippen molar-refractivity contribution >= 4 is 12.1 Å². The number of methoxy groups -OCH3 is 1. The van der Waals surface area contributed by atoms with E-state index in [0.717, 1.165) is 11.1 Å². The van der Waals surface area contributed by atoms with Crippen LogP contribution < -0.4 is 0 Å². The Morgan fingerprint density at radius 2 is 1.86 bits per heavy atom. The maximum atomic E-state index is 13.0. The number of carbonyl (C=O) groups excluding carboxylic acids is 2. The first-order valence-electron chi connectivity index (χ1n) is 9.59. The lowest BCUT2D eigenvalue weighted by molar-refractivity contribution is -0.149. The smallest absolute Gasteiger partial charge is 0.411 e. The third kappa shape index (κ3) is 6.04. The number of aromatic nitrogens is 2. The van der Waals surface area contributed by atoms with E-state index in [-0.39, 0.29) is 12.5 Å². The second-order valence-corrected chi connectivity index (χ2v) is 7.90. The first-order chi connectivity index (χ1) is 13.7. The van der Waals surface area contributed by atoms with Gasteiger partial charge in [0.2, 0.25) is 12.3 Å². The van der Waals surface area contributed by atoms with Crippen molar-refractivity contribution in [3.05, 3.63) is 36.2 Å². The molecule has 0 unspecified atom stereocenters. The molecule has 0 bridgehead atoms. The van der Waals surface area contributed by atoms with Gasteiger partial charge in [-0.3, -0.25) is 4.90 Å². The number of hydrogen-bond acceptors (Lipinski definition) is 7. The zero-order chi connectivity index (χ0) is 21.6. The van der Waals surface area contributed by atoms with Crippen LogP contribution in [-0.2, 0) is 20.8 Å². The summed E-state index contributed by atoms with van der Waals surface area (Å²) in [4.78, 5) is 26.9. The third-order valence-corrected chi connectivity index (χ3v) is 4.50. The summed E-state index contributed by atoms with van der Waals surface area (Å²) in [5.74, 6) is -0.159. The molecule has 0 fully saturated rings. The zero-order valence-electron chi connectivity index (χ0n) is 17.8. The van der Waals surface area contributed by atoms with Gasteiger partial charge < -0.3 is 13.9 Å². The Kier molecular flexibility index (Phi) is 7.36. The highest BCUT2D eigenvalue weighted by Gasteiger charge is 2.37. The topological polar surface area (TPSA) is 94.8 Å². The van der Waals surface area contributed by atoms with Gasteiger partial charge >= 0.3 is 12.1 Å². The summed E-state index contributed by atoms with van der Waals surface area (Å²) in [6.45, 7) is 9.45. The zero-order valence-corrected chi connectivity index (χ0v) is 17.8. The predicted molar refractivity (Wildman–Crippen MR) is 107 cm³/mol. The van der Waals surface area contributed by atoms with Gasteiger partial charge in [-0.1, -0.05) is 32.4 Å². The monoisotopic (exact) mass is 403 g/mol. The van der Waals surface area contributed by atoms with Crippen LogP contribution in [0.3, 0.4) is 0 Å². The van der Waals surface area contributed by atoms with Gasteiger partial charge in [-0.2, -0.15) is 0 Å². The summed E-state index contributed by atoms with van der Waals surface area (Å²) >= 11 is 0. The maximum absolute atomic E-state index is 13.0. The molecule has 0 aliphatic carbocycles. The van der Waals surface area contributed by atoms with E-state index < -0.39 is 23.7 Å². The molecule has 2 atom stereocenters. The summed E-state index contributed by atoms with van der Waals surface area (Å²) < 4.78 is 15.8. The molecule has 2 aromatic rings. The summed E-state index contributed by atoms with van der Waals surface area (Å²) in [6, 6.07) is 6.60. The van der Waals surface area contributed by atoms with Crippen LogP contribution in [0.1, 0.15) is 46.6 Å². The van der Waals surface area contributed by atoms with Crippen molar-refractivity contribution in [1.82, 2.24) is 15.1 Å². The second kappa shape index (κ2) is 9.54. The van der Waals surface area contributed by atoms with E-state index in [0.29, 0.717) is 12.3 Å². The molecule has 29 heavy (non-hydrogen) atoms. The number of esters is 1. The Bertz CT molecular complexity index is 797. The quantitative estimate of drug-likeness (QED) is 0.643. The summed E-state index contributed by atoms with van der Waals surface area (Å²) in [5.41, 5.74) is 0.908. The first-order valence-corrected chi connectivity index (χ1v) is 9.59. The lowest BCUT2D eigenvalue weighted by Gasteiger charge is -2.34. The van der Waals surface area contributed by atoms with E-state index in [2.05, 4.69) is 10.2 Å². The van der Waals surface area contributed by atoms with Crippen LogP contribution in [0.25, 0.3) is 11.5 Å². The predicted octanol–water partition coefficient (Wildman–Crippen LogP) is 4.06. The molecule has 158 valence electrons. The molecule has 1 aromatic carbocycles. The van der Waals surface area contributed by atoms with Gasteiger partial charge in [0.05, 0.1) is 7.11 Å². The number of ether oxygens (including phenoxy) is 2. The number of rotatable bonds is 7. The summed E-state index contributed by atoms with van der Waals surface area (Å²) in [7, 11) is 1.32. The van der Waals surface area contributed by atoms with Gasteiger partial charge in [-0.05, 0) is 44.4 Å². The fraction of sp³-hybridized carbons (Fsp3) is 0.524. The Morgan fingerprint density at radius 1 is 1.21 bits per heavy atom. The van der Waals surface area contributed by atoms with Crippen LogP contribution in [0, 0.1) is 5.92 Å². The lowest BCUT2D eigenvalue weighted by atomic mass is 9.97. The number of hydrogen-bond donors (Lipinski definition) is 0. The van der Waals surface area contributed by atoms with E-state index >= 15 is 0 Å². The molecule has 0 aliphatic rings. The lowest BCUT2D eigenvalue weighted by Crippen LogP contribution is -2.50. The molecular formula is C21H29N3O5. The molecule has 0 spiro atoms. The fourth-order valence-corrected chi connectivity index (χ4v) is 2.86. The van der Waals surface area contributed by atoms with Crippen molar-refractivity contribution in [2.24, 2.45) is 5.92 Å². The van der Waals surface area contributed by atoms with Gasteiger partial charge in [0.25, 0.3) is 0 Å². The van der Waals surface area contributed by atoms with Crippen molar-refractivity contribution in [2.45, 2.75) is 59.2 Å². The van der Waals surface area contributed by atoms with Crippen molar-refractivity contribution in [3.8, 4) is 11.5 Å². The minimum absolute atomic E-state index is 0.104. The minimum Gasteiger partial charge on any atom is -0.467 e. The highest BCUT2D eigenvalue weighted by Crippen LogP contribution is 2.24. The van der Waals surface area contributed by atoms with E-state index in [1.807, 2.05) is 38.1 Å². The molecule has 1 heterocycles. The standard InChI is InChI=1S/C21H29N3O5/c1-7-14(2)17(19(25)27-6)24(20(26)29-21(3,4)5)12-15-8-10-16(11-9-15)18-23-22-13-28-18/h8-11,13-14,17H,7,12H2,1-6H3/t14-,17-/m0/s1. The van der Waals surface area contributed by atoms with E-state index in [1.54, 1.807) is 20.8 Å². The van der Waals surface area contributed by atoms with Crippen LogP contribution in [0.2, 0.25) is 0 Å². The van der Waals surface area contributed by atoms with Crippen molar-refractivity contribution < 1.29 is 23.5 Å². The molecule has 8 nitrogen and oxygen atoms in total. The average Bonchev–Trinajstić information content (AvgIpc) is 3.20. The fourth-order valence-electron chi connectivity index (χ4n) is 2.86. The molecule has 0 saturated carbocycles. The van der Waals surface area contributed by atoms with Gasteiger partial charge in [-0.15, -0.1) is 10.2 Å². The number of benzene rings is 1. The Hall–Kier alpha value is -2.90. The Balaban J connectivity index is 2.33. The SMILES string of the molecule is CC[C@H](C)[C@@H](C(=O)OC)N(Cc1ccc(-c2nnco2)cc1)C(=O)OC(C)(C)C. The average molecular weight is 403 g/mol. The van der Waals surface area contributed by atoms with E-state index in [1.165, 1.54) is 18.4 Å². The largest absolute Gasteiger partial charge is 0.467 e. The highest BCUT2D eigenvalue weighted by atomic mass is 16.6. The minimum atomic E-state index is -0.754. The van der Waals surface area contributed by atoms with Gasteiger partial charge in [0.1, 0.15) is 11.6 Å². The molecule has 0 aliphatic heterocycles. The highest BCUT2D eigenvalue weighted by molar-refractivity contribution is 5.81. The molecule has 0 radical (unpaired) electrons. The first kappa shape index (κ1) is 22.4. The molecular weight excluding hydrogens is 374 g/mol. The third-order valence-electron chi connectivity index (χ3n) is 4.50. The van der Waals surface area contributed by atoms with Gasteiger partial charge in [0.15, 0.2) is 0 Å². The molecule has 2 rings (SSSR count). The number of nitrogens with zero attached hydrogens (tertiary/aromatic N) is 3. The van der Waals surface area contributed by atoms with Gasteiger partial charge in [-0.25, -0.2) is 9.59 Å². The van der Waals surface area contributed by atoms with E-state index in [9.17, 15) is 9.59 Å². The Morgan fingerprint density at radius 3 is 2.34 bits per heavy atom.